The third-order valence-corrected chi connectivity index (χ3v) is 5.59. The zero-order chi connectivity index (χ0) is 22.0. The lowest BCUT2D eigenvalue weighted by Crippen LogP contribution is -2.39. The van der Waals surface area contributed by atoms with E-state index in [4.69, 9.17) is 5.11 Å². The summed E-state index contributed by atoms with van der Waals surface area (Å²) in [7, 11) is 0. The first-order chi connectivity index (χ1) is 15.0. The topological polar surface area (TPSA) is 92.4 Å². The number of rotatable bonds is 6. The van der Waals surface area contributed by atoms with Gasteiger partial charge in [-0.15, -0.1) is 0 Å². The lowest BCUT2D eigenvalue weighted by Gasteiger charge is -2.30. The maximum atomic E-state index is 13.5. The van der Waals surface area contributed by atoms with Gasteiger partial charge in [0.2, 0.25) is 11.9 Å². The number of aromatic nitrogens is 3. The normalized spacial score (nSPS) is 17.7. The number of carbonyl (C=O) groups excluding carboxylic acids is 1. The Morgan fingerprint density at radius 2 is 1.94 bits per heavy atom. The predicted octanol–water partition coefficient (Wildman–Crippen LogP) is 3.77. The Balaban J connectivity index is 1.76. The van der Waals surface area contributed by atoms with Gasteiger partial charge in [-0.05, 0) is 44.4 Å². The summed E-state index contributed by atoms with van der Waals surface area (Å²) in [6.07, 6.45) is 1.14. The minimum absolute atomic E-state index is 0.0783. The molecule has 3 aromatic rings. The van der Waals surface area contributed by atoms with Gasteiger partial charge in [0.25, 0.3) is 0 Å². The lowest BCUT2D eigenvalue weighted by atomic mass is 9.87. The molecule has 7 nitrogen and oxygen atoms in total. The molecule has 7 heteroatoms. The molecule has 1 amide bonds. The highest BCUT2D eigenvalue weighted by molar-refractivity contribution is 6.10. The van der Waals surface area contributed by atoms with Gasteiger partial charge in [-0.25, -0.2) is 9.67 Å². The molecule has 0 radical (unpaired) electrons. The number of fused-ring (bicyclic) bond motifs is 1. The number of amides is 1. The van der Waals surface area contributed by atoms with Crippen molar-refractivity contribution in [1.29, 1.82) is 0 Å². The van der Waals surface area contributed by atoms with E-state index in [0.29, 0.717) is 30.3 Å². The van der Waals surface area contributed by atoms with E-state index < -0.39 is 5.92 Å². The first-order valence-electron chi connectivity index (χ1n) is 10.5. The van der Waals surface area contributed by atoms with Gasteiger partial charge in [0.15, 0.2) is 5.82 Å². The van der Waals surface area contributed by atoms with Crippen molar-refractivity contribution in [3.05, 3.63) is 71.0 Å². The summed E-state index contributed by atoms with van der Waals surface area (Å²) in [6.45, 7) is 5.95. The second kappa shape index (κ2) is 8.81. The monoisotopic (exact) mass is 417 g/mol. The van der Waals surface area contributed by atoms with E-state index in [2.05, 4.69) is 26.5 Å². The average molecular weight is 418 g/mol. The first kappa shape index (κ1) is 20.9. The van der Waals surface area contributed by atoms with Crippen molar-refractivity contribution in [2.45, 2.75) is 39.7 Å². The van der Waals surface area contributed by atoms with E-state index >= 15 is 0 Å². The van der Waals surface area contributed by atoms with E-state index in [9.17, 15) is 4.79 Å². The number of nitrogens with one attached hydrogen (secondary N) is 1. The number of hydrogen-bond acceptors (Lipinski definition) is 5. The molecule has 4 rings (SSSR count). The Hall–Kier alpha value is -3.32. The molecule has 0 aliphatic carbocycles. The number of carbonyl (C=O) groups is 1. The molecule has 2 heterocycles. The molecular formula is C24H27N5O2. The molecule has 1 aromatic heterocycles. The summed E-state index contributed by atoms with van der Waals surface area (Å²) < 4.78 is 1.76. The maximum absolute atomic E-state index is 13.5. The summed E-state index contributed by atoms with van der Waals surface area (Å²) in [5.41, 5.74) is 4.58. The molecular weight excluding hydrogens is 390 g/mol. The van der Waals surface area contributed by atoms with Crippen LogP contribution in [0, 0.1) is 19.8 Å². The largest absolute Gasteiger partial charge is 0.396 e. The number of anilines is 1. The molecule has 0 saturated heterocycles. The van der Waals surface area contributed by atoms with E-state index in [-0.39, 0.29) is 18.6 Å². The predicted molar refractivity (Wildman–Crippen MR) is 121 cm³/mol. The smallest absolute Gasteiger partial charge is 0.248 e. The highest BCUT2D eigenvalue weighted by atomic mass is 16.3. The Kier molecular flexibility index (Phi) is 5.95. The number of para-hydroxylation sites is 1. The zero-order valence-electron chi connectivity index (χ0n) is 18.0. The van der Waals surface area contributed by atoms with Crippen LogP contribution in [0.15, 0.2) is 53.5 Å². The van der Waals surface area contributed by atoms with Crippen molar-refractivity contribution in [2.75, 3.05) is 11.9 Å². The molecule has 31 heavy (non-hydrogen) atoms. The number of aryl methyl sites for hydroxylation is 3. The summed E-state index contributed by atoms with van der Waals surface area (Å²) in [6, 6.07) is 15.5. The van der Waals surface area contributed by atoms with Gasteiger partial charge in [-0.1, -0.05) is 48.0 Å². The molecule has 160 valence electrons. The van der Waals surface area contributed by atoms with Gasteiger partial charge in [0.1, 0.15) is 5.92 Å². The zero-order valence-corrected chi connectivity index (χ0v) is 18.0. The van der Waals surface area contributed by atoms with Crippen LogP contribution in [0.25, 0.3) is 0 Å². The van der Waals surface area contributed by atoms with Crippen molar-refractivity contribution in [3.8, 4) is 0 Å². The summed E-state index contributed by atoms with van der Waals surface area (Å²) >= 11 is 0. The van der Waals surface area contributed by atoms with Crippen molar-refractivity contribution < 1.29 is 9.90 Å². The van der Waals surface area contributed by atoms with Crippen LogP contribution in [0.5, 0.6) is 0 Å². The number of aliphatic imine (C=N–C) groups is 1. The second-order valence-corrected chi connectivity index (χ2v) is 7.99. The second-order valence-electron chi connectivity index (χ2n) is 7.99. The van der Waals surface area contributed by atoms with Crippen molar-refractivity contribution in [1.82, 2.24) is 14.8 Å². The van der Waals surface area contributed by atoms with E-state index in [1.165, 1.54) is 0 Å². The van der Waals surface area contributed by atoms with Crippen LogP contribution in [0.1, 0.15) is 41.9 Å². The number of hydrogen-bond donors (Lipinski definition) is 2. The third kappa shape index (κ3) is 4.27. The fourth-order valence-corrected chi connectivity index (χ4v) is 4.01. The van der Waals surface area contributed by atoms with Crippen LogP contribution < -0.4 is 5.32 Å². The van der Waals surface area contributed by atoms with E-state index in [1.807, 2.05) is 63.2 Å². The fourth-order valence-electron chi connectivity index (χ4n) is 4.01. The van der Waals surface area contributed by atoms with Crippen LogP contribution >= 0.6 is 0 Å². The summed E-state index contributed by atoms with van der Waals surface area (Å²) in [5.74, 6) is 0.469. The molecule has 2 atom stereocenters. The quantitative estimate of drug-likeness (QED) is 0.639. The van der Waals surface area contributed by atoms with Gasteiger partial charge >= 0.3 is 0 Å². The highest BCUT2D eigenvalue weighted by Crippen LogP contribution is 2.36. The summed E-state index contributed by atoms with van der Waals surface area (Å²) in [5, 5.41) is 16.9. The molecule has 0 bridgehead atoms. The standard InChI is InChI=1S/C24H27N5O2/c1-15-8-6-10-18(14-15)22-21(23(31)26-19-11-5-4-9-16(19)2)17(3)25-24-27-20(12-7-13-30)28-29(22)24/h4-6,8-11,14,21-22,30H,7,12-13H2,1-3H3,(H,26,31). The Bertz CT molecular complexity index is 1130. The van der Waals surface area contributed by atoms with Crippen LogP contribution in [0.3, 0.4) is 0 Å². The first-order valence-corrected chi connectivity index (χ1v) is 10.5. The number of aliphatic hydroxyl groups excluding tert-OH is 1. The minimum Gasteiger partial charge on any atom is -0.396 e. The number of aliphatic hydroxyl groups is 1. The average Bonchev–Trinajstić information content (AvgIpc) is 3.15. The van der Waals surface area contributed by atoms with Crippen molar-refractivity contribution in [3.63, 3.8) is 0 Å². The summed E-state index contributed by atoms with van der Waals surface area (Å²) in [4.78, 5) is 22.7. The minimum atomic E-state index is -0.527. The lowest BCUT2D eigenvalue weighted by molar-refractivity contribution is -0.118. The molecule has 0 fully saturated rings. The molecule has 0 spiro atoms. The maximum Gasteiger partial charge on any atom is 0.248 e. The Morgan fingerprint density at radius 1 is 1.13 bits per heavy atom. The van der Waals surface area contributed by atoms with Gasteiger partial charge in [-0.2, -0.15) is 10.1 Å². The molecule has 1 aliphatic heterocycles. The van der Waals surface area contributed by atoms with E-state index in [0.717, 1.165) is 22.4 Å². The van der Waals surface area contributed by atoms with Gasteiger partial charge in [0, 0.05) is 24.4 Å². The molecule has 2 aromatic carbocycles. The van der Waals surface area contributed by atoms with Crippen molar-refractivity contribution in [2.24, 2.45) is 10.9 Å². The van der Waals surface area contributed by atoms with Crippen LogP contribution in [0.2, 0.25) is 0 Å². The third-order valence-electron chi connectivity index (χ3n) is 5.59. The molecule has 1 aliphatic rings. The SMILES string of the molecule is CC1=Nc2nc(CCCO)nn2C(c2cccc(C)c2)C1C(=O)Nc1ccccc1C. The Labute approximate surface area is 181 Å². The van der Waals surface area contributed by atoms with Gasteiger partial charge in [-0.3, -0.25) is 4.79 Å². The Morgan fingerprint density at radius 3 is 2.68 bits per heavy atom. The van der Waals surface area contributed by atoms with Crippen LogP contribution in [-0.4, -0.2) is 38.1 Å². The number of nitrogens with zero attached hydrogens (tertiary/aromatic N) is 4. The van der Waals surface area contributed by atoms with Crippen LogP contribution in [-0.2, 0) is 11.2 Å². The molecule has 0 saturated carbocycles. The van der Waals surface area contributed by atoms with E-state index in [1.54, 1.807) is 4.68 Å². The van der Waals surface area contributed by atoms with Crippen LogP contribution in [0.4, 0.5) is 11.6 Å². The number of benzene rings is 2. The molecule has 2 N–H and O–H groups in total. The highest BCUT2D eigenvalue weighted by Gasteiger charge is 2.39. The van der Waals surface area contributed by atoms with Crippen molar-refractivity contribution >= 4 is 23.3 Å². The fraction of sp³-hybridized carbons (Fsp3) is 0.333. The van der Waals surface area contributed by atoms with Gasteiger partial charge < -0.3 is 10.4 Å². The van der Waals surface area contributed by atoms with Gasteiger partial charge in [0.05, 0.1) is 6.04 Å². The molecule has 2 unspecified atom stereocenters.